The number of hydrogen-bond acceptors (Lipinski definition) is 4. The van der Waals surface area contributed by atoms with Crippen molar-refractivity contribution < 1.29 is 23.4 Å². The Kier molecular flexibility index (Phi) is 4.12. The molecule has 2 aromatic carbocycles. The van der Waals surface area contributed by atoms with Gasteiger partial charge in [-0.1, -0.05) is 0 Å². The number of benzene rings is 2. The number of rotatable bonds is 4. The number of fused-ring (bicyclic) bond motifs is 1. The van der Waals surface area contributed by atoms with Gasteiger partial charge < -0.3 is 19.5 Å². The van der Waals surface area contributed by atoms with E-state index in [1.54, 1.807) is 24.3 Å². The summed E-state index contributed by atoms with van der Waals surface area (Å²) in [6.45, 7) is 0. The van der Waals surface area contributed by atoms with Crippen LogP contribution in [0, 0.1) is 5.82 Å². The Bertz CT molecular complexity index is 820. The summed E-state index contributed by atoms with van der Waals surface area (Å²) >= 11 is 0. The zero-order chi connectivity index (χ0) is 17.3. The molecule has 124 valence electrons. The van der Waals surface area contributed by atoms with Gasteiger partial charge in [-0.15, -0.1) is 0 Å². The van der Waals surface area contributed by atoms with Crippen LogP contribution in [-0.2, 0) is 4.79 Å². The fourth-order valence-electron chi connectivity index (χ4n) is 2.65. The third-order valence-electron chi connectivity index (χ3n) is 3.76. The molecule has 0 spiro atoms. The van der Waals surface area contributed by atoms with Gasteiger partial charge in [-0.05, 0) is 42.0 Å². The molecule has 0 aliphatic carbocycles. The topological polar surface area (TPSA) is 56.8 Å². The Morgan fingerprint density at radius 3 is 2.25 bits per heavy atom. The Morgan fingerprint density at radius 2 is 1.67 bits per heavy atom. The lowest BCUT2D eigenvalue weighted by Gasteiger charge is -2.13. The van der Waals surface area contributed by atoms with Crippen LogP contribution in [0.3, 0.4) is 0 Å². The summed E-state index contributed by atoms with van der Waals surface area (Å²) < 4.78 is 29.4. The van der Waals surface area contributed by atoms with Crippen LogP contribution in [-0.4, -0.2) is 27.2 Å². The molecule has 0 radical (unpaired) electrons. The number of methoxy groups -OCH3 is 3. The van der Waals surface area contributed by atoms with Crippen molar-refractivity contribution in [2.75, 3.05) is 26.6 Å². The molecule has 6 heteroatoms. The van der Waals surface area contributed by atoms with Gasteiger partial charge in [-0.2, -0.15) is 0 Å². The molecule has 0 saturated heterocycles. The largest absolute Gasteiger partial charge is 0.493 e. The zero-order valence-corrected chi connectivity index (χ0v) is 13.5. The van der Waals surface area contributed by atoms with E-state index < -0.39 is 5.82 Å². The van der Waals surface area contributed by atoms with Crippen LogP contribution < -0.4 is 19.5 Å². The maximum absolute atomic E-state index is 13.5. The maximum Gasteiger partial charge on any atom is 0.256 e. The van der Waals surface area contributed by atoms with Crippen molar-refractivity contribution in [1.82, 2.24) is 0 Å². The first-order chi connectivity index (χ1) is 11.6. The standard InChI is InChI=1S/C18H16FNO4/c1-22-15-7-10(8-16(23-2)17(15)24-3)6-13-12-9-11(19)4-5-14(12)20-18(13)21/h4-9H,1-3H3,(H,20,21)/b13-6-. The molecular weight excluding hydrogens is 313 g/mol. The number of hydrogen-bond donors (Lipinski definition) is 1. The first kappa shape index (κ1) is 15.9. The van der Waals surface area contributed by atoms with E-state index in [9.17, 15) is 9.18 Å². The summed E-state index contributed by atoms with van der Waals surface area (Å²) in [5.41, 5.74) is 2.15. The van der Waals surface area contributed by atoms with Crippen LogP contribution in [0.1, 0.15) is 11.1 Å². The van der Waals surface area contributed by atoms with E-state index in [1.807, 2.05) is 0 Å². The number of carbonyl (C=O) groups is 1. The SMILES string of the molecule is COc1cc(/C=C2\C(=O)Nc3ccc(F)cc32)cc(OC)c1OC. The molecule has 2 aromatic rings. The van der Waals surface area contributed by atoms with Crippen molar-refractivity contribution in [3.8, 4) is 17.2 Å². The summed E-state index contributed by atoms with van der Waals surface area (Å²) in [4.78, 5) is 12.2. The molecule has 0 aromatic heterocycles. The second kappa shape index (κ2) is 6.23. The van der Waals surface area contributed by atoms with Crippen molar-refractivity contribution >= 4 is 23.2 Å². The highest BCUT2D eigenvalue weighted by Gasteiger charge is 2.25. The van der Waals surface area contributed by atoms with Gasteiger partial charge in [-0.25, -0.2) is 4.39 Å². The molecule has 0 fully saturated rings. The summed E-state index contributed by atoms with van der Waals surface area (Å²) in [5, 5.41) is 2.71. The van der Waals surface area contributed by atoms with Crippen LogP contribution in [0.4, 0.5) is 10.1 Å². The van der Waals surface area contributed by atoms with Crippen molar-refractivity contribution in [2.24, 2.45) is 0 Å². The molecule has 1 amide bonds. The van der Waals surface area contributed by atoms with Crippen molar-refractivity contribution in [3.05, 3.63) is 47.3 Å². The van der Waals surface area contributed by atoms with E-state index in [2.05, 4.69) is 5.32 Å². The highest BCUT2D eigenvalue weighted by Crippen LogP contribution is 2.40. The number of anilines is 1. The summed E-state index contributed by atoms with van der Waals surface area (Å²) in [6.07, 6.45) is 1.66. The van der Waals surface area contributed by atoms with Gasteiger partial charge in [0.15, 0.2) is 11.5 Å². The minimum Gasteiger partial charge on any atom is -0.493 e. The van der Waals surface area contributed by atoms with Crippen LogP contribution in [0.5, 0.6) is 17.2 Å². The minimum atomic E-state index is -0.402. The fourth-order valence-corrected chi connectivity index (χ4v) is 2.65. The molecule has 24 heavy (non-hydrogen) atoms. The van der Waals surface area contributed by atoms with Crippen molar-refractivity contribution in [3.63, 3.8) is 0 Å². The molecule has 1 aliphatic rings. The van der Waals surface area contributed by atoms with Crippen LogP contribution in [0.2, 0.25) is 0 Å². The van der Waals surface area contributed by atoms with Crippen molar-refractivity contribution in [1.29, 1.82) is 0 Å². The third kappa shape index (κ3) is 2.67. The lowest BCUT2D eigenvalue weighted by atomic mass is 10.0. The second-order valence-electron chi connectivity index (χ2n) is 5.16. The lowest BCUT2D eigenvalue weighted by Crippen LogP contribution is -2.03. The molecule has 3 rings (SSSR count). The third-order valence-corrected chi connectivity index (χ3v) is 3.76. The van der Waals surface area contributed by atoms with Gasteiger partial charge in [0.2, 0.25) is 5.75 Å². The van der Waals surface area contributed by atoms with E-state index in [-0.39, 0.29) is 5.91 Å². The Morgan fingerprint density at radius 1 is 1.00 bits per heavy atom. The first-order valence-corrected chi connectivity index (χ1v) is 7.20. The zero-order valence-electron chi connectivity index (χ0n) is 13.5. The van der Waals surface area contributed by atoms with E-state index in [0.29, 0.717) is 39.6 Å². The van der Waals surface area contributed by atoms with Gasteiger partial charge in [0, 0.05) is 16.8 Å². The number of carbonyl (C=O) groups excluding carboxylic acids is 1. The van der Waals surface area contributed by atoms with Gasteiger partial charge in [0.05, 0.1) is 21.3 Å². The molecule has 5 nitrogen and oxygen atoms in total. The summed E-state index contributed by atoms with van der Waals surface area (Å²) in [5.74, 6) is 0.720. The van der Waals surface area contributed by atoms with Gasteiger partial charge in [-0.3, -0.25) is 4.79 Å². The molecule has 0 unspecified atom stereocenters. The normalized spacial score (nSPS) is 14.3. The van der Waals surface area contributed by atoms with Crippen molar-refractivity contribution in [2.45, 2.75) is 0 Å². The number of ether oxygens (including phenoxy) is 3. The summed E-state index contributed by atoms with van der Waals surface area (Å²) in [6, 6.07) is 7.62. The molecule has 0 bridgehead atoms. The molecule has 1 aliphatic heterocycles. The average molecular weight is 329 g/mol. The molecular formula is C18H16FNO4. The fraction of sp³-hybridized carbons (Fsp3) is 0.167. The van der Waals surface area contributed by atoms with Gasteiger partial charge in [0.25, 0.3) is 5.91 Å². The Labute approximate surface area is 138 Å². The molecule has 1 N–H and O–H groups in total. The van der Waals surface area contributed by atoms with Crippen LogP contribution in [0.15, 0.2) is 30.3 Å². The molecule has 0 saturated carbocycles. The van der Waals surface area contributed by atoms with E-state index >= 15 is 0 Å². The van der Waals surface area contributed by atoms with Crippen LogP contribution >= 0.6 is 0 Å². The molecule has 1 heterocycles. The molecule has 0 atom stereocenters. The average Bonchev–Trinajstić information content (AvgIpc) is 2.89. The predicted molar refractivity (Wildman–Crippen MR) is 89.0 cm³/mol. The van der Waals surface area contributed by atoms with E-state index in [1.165, 1.54) is 33.5 Å². The number of nitrogens with one attached hydrogen (secondary N) is 1. The van der Waals surface area contributed by atoms with E-state index in [0.717, 1.165) is 0 Å². The maximum atomic E-state index is 13.5. The number of amides is 1. The minimum absolute atomic E-state index is 0.288. The Hall–Kier alpha value is -3.02. The van der Waals surface area contributed by atoms with E-state index in [4.69, 9.17) is 14.2 Å². The Balaban J connectivity index is 2.13. The van der Waals surface area contributed by atoms with Crippen LogP contribution in [0.25, 0.3) is 11.6 Å². The predicted octanol–water partition coefficient (Wildman–Crippen LogP) is 3.34. The van der Waals surface area contributed by atoms with Gasteiger partial charge in [0.1, 0.15) is 5.82 Å². The quantitative estimate of drug-likeness (QED) is 0.874. The first-order valence-electron chi connectivity index (χ1n) is 7.20. The van der Waals surface area contributed by atoms with Gasteiger partial charge >= 0.3 is 0 Å². The monoisotopic (exact) mass is 329 g/mol. The lowest BCUT2D eigenvalue weighted by molar-refractivity contribution is -0.110. The highest BCUT2D eigenvalue weighted by molar-refractivity contribution is 6.34. The smallest absolute Gasteiger partial charge is 0.256 e. The second-order valence-corrected chi connectivity index (χ2v) is 5.16. The summed E-state index contributed by atoms with van der Waals surface area (Å²) in [7, 11) is 4.55. The number of halogens is 1. The highest BCUT2D eigenvalue weighted by atomic mass is 19.1.